The summed E-state index contributed by atoms with van der Waals surface area (Å²) in [5.74, 6) is -0.863. The lowest BCUT2D eigenvalue weighted by atomic mass is 10.2. The standard InChI is InChI=1S/C12H24F3N3O2S/c1-2-3-7-18-11(19)10(16)5-9-21(17,20)8-4-6-12(13,14)15/h10,17H,2-9,16H2,1H3,(H,18,19)/t10-,21?/m0/s1. The molecule has 9 heteroatoms. The highest BCUT2D eigenvalue weighted by Gasteiger charge is 2.27. The summed E-state index contributed by atoms with van der Waals surface area (Å²) in [6.07, 6.45) is -3.91. The highest BCUT2D eigenvalue weighted by Crippen LogP contribution is 2.21. The molecule has 0 aromatic rings. The van der Waals surface area contributed by atoms with Crippen LogP contribution in [0.1, 0.15) is 39.0 Å². The number of rotatable bonds is 10. The highest BCUT2D eigenvalue weighted by atomic mass is 32.2. The van der Waals surface area contributed by atoms with Crippen molar-refractivity contribution in [1.29, 1.82) is 4.78 Å². The first-order valence-corrected chi connectivity index (χ1v) is 8.81. The maximum absolute atomic E-state index is 12.0. The van der Waals surface area contributed by atoms with E-state index < -0.39 is 28.4 Å². The molecule has 0 saturated carbocycles. The van der Waals surface area contributed by atoms with Gasteiger partial charge in [0.1, 0.15) is 0 Å². The van der Waals surface area contributed by atoms with Gasteiger partial charge in [0.15, 0.2) is 0 Å². The van der Waals surface area contributed by atoms with E-state index in [2.05, 4.69) is 5.32 Å². The minimum Gasteiger partial charge on any atom is -0.355 e. The normalized spacial score (nSPS) is 16.2. The Bertz CT molecular complexity index is 410. The van der Waals surface area contributed by atoms with Crippen LogP contribution in [0.2, 0.25) is 0 Å². The average Bonchev–Trinajstić information content (AvgIpc) is 2.34. The van der Waals surface area contributed by atoms with Gasteiger partial charge in [-0.05, 0) is 19.3 Å². The molecular weight excluding hydrogens is 307 g/mol. The monoisotopic (exact) mass is 331 g/mol. The van der Waals surface area contributed by atoms with Crippen LogP contribution in [0, 0.1) is 4.78 Å². The number of unbranched alkanes of at least 4 members (excludes halogenated alkanes) is 1. The molecule has 21 heavy (non-hydrogen) atoms. The van der Waals surface area contributed by atoms with Gasteiger partial charge in [-0.3, -0.25) is 9.57 Å². The van der Waals surface area contributed by atoms with Crippen molar-refractivity contribution in [2.24, 2.45) is 5.73 Å². The predicted molar refractivity (Wildman–Crippen MR) is 76.4 cm³/mol. The molecule has 0 aliphatic carbocycles. The molecule has 0 fully saturated rings. The molecule has 4 N–H and O–H groups in total. The van der Waals surface area contributed by atoms with Gasteiger partial charge in [0.25, 0.3) is 0 Å². The molecule has 0 bridgehead atoms. The second-order valence-electron chi connectivity index (χ2n) is 4.98. The Balaban J connectivity index is 4.04. The van der Waals surface area contributed by atoms with Crippen molar-refractivity contribution in [2.45, 2.75) is 51.2 Å². The molecule has 2 atom stereocenters. The van der Waals surface area contributed by atoms with Crippen molar-refractivity contribution in [1.82, 2.24) is 5.32 Å². The molecule has 1 unspecified atom stereocenters. The SMILES string of the molecule is CCCCNC(=O)[C@@H](N)CCS(=N)(=O)CCCC(F)(F)F. The third kappa shape index (κ3) is 11.5. The lowest BCUT2D eigenvalue weighted by molar-refractivity contribution is -0.134. The van der Waals surface area contributed by atoms with Gasteiger partial charge in [0.05, 0.1) is 6.04 Å². The summed E-state index contributed by atoms with van der Waals surface area (Å²) in [5.41, 5.74) is 5.60. The van der Waals surface area contributed by atoms with E-state index in [4.69, 9.17) is 10.5 Å². The van der Waals surface area contributed by atoms with Crippen molar-refractivity contribution in [3.8, 4) is 0 Å². The third-order valence-electron chi connectivity index (χ3n) is 2.86. The number of nitrogens with one attached hydrogen (secondary N) is 2. The van der Waals surface area contributed by atoms with Crippen LogP contribution < -0.4 is 11.1 Å². The summed E-state index contributed by atoms with van der Waals surface area (Å²) in [6, 6.07) is -0.879. The van der Waals surface area contributed by atoms with Crippen molar-refractivity contribution in [2.75, 3.05) is 18.1 Å². The van der Waals surface area contributed by atoms with Gasteiger partial charge < -0.3 is 11.1 Å². The molecule has 0 aliphatic heterocycles. The van der Waals surface area contributed by atoms with E-state index in [1.807, 2.05) is 6.92 Å². The van der Waals surface area contributed by atoms with Crippen molar-refractivity contribution in [3.63, 3.8) is 0 Å². The van der Waals surface area contributed by atoms with Gasteiger partial charge in [0, 0.05) is 34.2 Å². The maximum atomic E-state index is 12.0. The minimum atomic E-state index is -4.30. The highest BCUT2D eigenvalue weighted by molar-refractivity contribution is 7.92. The van der Waals surface area contributed by atoms with Gasteiger partial charge in [-0.25, -0.2) is 4.21 Å². The largest absolute Gasteiger partial charge is 0.389 e. The summed E-state index contributed by atoms with van der Waals surface area (Å²) in [7, 11) is -3.12. The van der Waals surface area contributed by atoms with E-state index in [1.54, 1.807) is 0 Å². The molecule has 0 rings (SSSR count). The van der Waals surface area contributed by atoms with E-state index in [1.165, 1.54) is 0 Å². The first-order chi connectivity index (χ1) is 9.57. The average molecular weight is 331 g/mol. The second-order valence-corrected chi connectivity index (χ2v) is 7.42. The summed E-state index contributed by atoms with van der Waals surface area (Å²) in [5, 5.41) is 2.62. The van der Waals surface area contributed by atoms with Crippen LogP contribution in [-0.2, 0) is 14.5 Å². The Hall–Kier alpha value is -0.830. The zero-order valence-electron chi connectivity index (χ0n) is 12.2. The van der Waals surface area contributed by atoms with E-state index in [-0.39, 0.29) is 30.3 Å². The third-order valence-corrected chi connectivity index (χ3v) is 4.70. The molecule has 0 aromatic carbocycles. The molecular formula is C12H24F3N3O2S. The topological polar surface area (TPSA) is 96.0 Å². The maximum Gasteiger partial charge on any atom is 0.389 e. The van der Waals surface area contributed by atoms with E-state index >= 15 is 0 Å². The summed E-state index contributed by atoms with van der Waals surface area (Å²) in [4.78, 5) is 11.5. The minimum absolute atomic E-state index is 0.0340. The summed E-state index contributed by atoms with van der Waals surface area (Å²) in [6.45, 7) is 2.48. The Kier molecular flexibility index (Phi) is 8.88. The Morgan fingerprint density at radius 1 is 1.33 bits per heavy atom. The quantitative estimate of drug-likeness (QED) is 0.534. The molecule has 126 valence electrons. The van der Waals surface area contributed by atoms with E-state index in [0.29, 0.717) is 6.54 Å². The molecule has 0 spiro atoms. The van der Waals surface area contributed by atoms with Crippen LogP contribution in [0.15, 0.2) is 0 Å². The van der Waals surface area contributed by atoms with Crippen molar-refractivity contribution >= 4 is 15.6 Å². The summed E-state index contributed by atoms with van der Waals surface area (Å²) >= 11 is 0. The molecule has 0 heterocycles. The van der Waals surface area contributed by atoms with Gasteiger partial charge >= 0.3 is 6.18 Å². The molecule has 0 radical (unpaired) electrons. The fourth-order valence-corrected chi connectivity index (χ4v) is 3.03. The number of amides is 1. The number of hydrogen-bond acceptors (Lipinski definition) is 4. The fourth-order valence-electron chi connectivity index (χ4n) is 1.58. The first kappa shape index (κ1) is 20.2. The lowest BCUT2D eigenvalue weighted by Gasteiger charge is -2.13. The number of carbonyl (C=O) groups is 1. The molecule has 0 saturated heterocycles. The van der Waals surface area contributed by atoms with Crippen LogP contribution in [0.5, 0.6) is 0 Å². The van der Waals surface area contributed by atoms with Crippen LogP contribution in [0.25, 0.3) is 0 Å². The molecule has 1 amide bonds. The van der Waals surface area contributed by atoms with Gasteiger partial charge in [-0.1, -0.05) is 13.3 Å². The van der Waals surface area contributed by atoms with Gasteiger partial charge in [0.2, 0.25) is 5.91 Å². The first-order valence-electron chi connectivity index (χ1n) is 6.91. The van der Waals surface area contributed by atoms with Crippen LogP contribution in [0.3, 0.4) is 0 Å². The smallest absolute Gasteiger partial charge is 0.355 e. The molecule has 0 aliphatic rings. The lowest BCUT2D eigenvalue weighted by Crippen LogP contribution is -2.42. The summed E-state index contributed by atoms with van der Waals surface area (Å²) < 4.78 is 55.2. The Labute approximate surface area is 123 Å². The number of hydrogen-bond donors (Lipinski definition) is 3. The second kappa shape index (κ2) is 9.24. The zero-order chi connectivity index (χ0) is 16.5. The number of carbonyl (C=O) groups excluding carboxylic acids is 1. The van der Waals surface area contributed by atoms with Crippen LogP contribution >= 0.6 is 0 Å². The Morgan fingerprint density at radius 2 is 1.95 bits per heavy atom. The number of alkyl halides is 3. The van der Waals surface area contributed by atoms with Gasteiger partial charge in [-0.15, -0.1) is 0 Å². The van der Waals surface area contributed by atoms with Crippen molar-refractivity contribution in [3.05, 3.63) is 0 Å². The van der Waals surface area contributed by atoms with Gasteiger partial charge in [-0.2, -0.15) is 13.2 Å². The number of halogens is 3. The van der Waals surface area contributed by atoms with Crippen molar-refractivity contribution < 1.29 is 22.2 Å². The van der Waals surface area contributed by atoms with E-state index in [0.717, 1.165) is 12.8 Å². The zero-order valence-corrected chi connectivity index (χ0v) is 13.0. The molecule has 0 aromatic heterocycles. The Morgan fingerprint density at radius 3 is 2.48 bits per heavy atom. The fraction of sp³-hybridized carbons (Fsp3) is 0.917. The molecule has 5 nitrogen and oxygen atoms in total. The van der Waals surface area contributed by atoms with E-state index in [9.17, 15) is 22.2 Å². The number of nitrogens with two attached hydrogens (primary N) is 1. The van der Waals surface area contributed by atoms with Crippen LogP contribution in [0.4, 0.5) is 13.2 Å². The van der Waals surface area contributed by atoms with Crippen LogP contribution in [-0.4, -0.2) is 40.4 Å². The predicted octanol–water partition coefficient (Wildman–Crippen LogP) is 2.01.